The maximum absolute atomic E-state index is 12.3. The van der Waals surface area contributed by atoms with E-state index in [1.165, 1.54) is 0 Å². The van der Waals surface area contributed by atoms with Crippen LogP contribution in [-0.2, 0) is 9.53 Å². The van der Waals surface area contributed by atoms with Gasteiger partial charge in [-0.15, -0.1) is 0 Å². The summed E-state index contributed by atoms with van der Waals surface area (Å²) in [6, 6.07) is 2.24. The molecule has 0 spiro atoms. The molecular weight excluding hydrogens is 216 g/mol. The van der Waals surface area contributed by atoms with E-state index in [4.69, 9.17) is 4.74 Å². The van der Waals surface area contributed by atoms with Gasteiger partial charge in [-0.3, -0.25) is 4.79 Å². The largest absolute Gasteiger partial charge is 0.381 e. The van der Waals surface area contributed by atoms with E-state index in [0.29, 0.717) is 26.1 Å². The molecule has 94 valence electrons. The summed E-state index contributed by atoms with van der Waals surface area (Å²) in [5, 5.41) is 12.4. The number of nitriles is 1. The van der Waals surface area contributed by atoms with E-state index in [1.807, 2.05) is 6.92 Å². The molecule has 4 heteroatoms. The van der Waals surface area contributed by atoms with E-state index in [9.17, 15) is 10.1 Å². The first-order valence-electron chi connectivity index (χ1n) is 6.42. The van der Waals surface area contributed by atoms with Crippen LogP contribution in [0.1, 0.15) is 45.4 Å². The van der Waals surface area contributed by atoms with Crippen molar-refractivity contribution in [2.45, 2.75) is 51.0 Å². The minimum absolute atomic E-state index is 0.0677. The Bertz CT molecular complexity index is 334. The van der Waals surface area contributed by atoms with E-state index in [0.717, 1.165) is 25.7 Å². The molecule has 1 saturated heterocycles. The fraction of sp³-hybridized carbons (Fsp3) is 0.846. The first-order valence-corrected chi connectivity index (χ1v) is 6.42. The molecule has 1 saturated carbocycles. The monoisotopic (exact) mass is 236 g/mol. The van der Waals surface area contributed by atoms with Gasteiger partial charge in [-0.05, 0) is 32.6 Å². The number of hydrogen-bond donors (Lipinski definition) is 1. The molecule has 0 aromatic carbocycles. The zero-order valence-corrected chi connectivity index (χ0v) is 10.4. The number of carbonyl (C=O) groups excluding carboxylic acids is 1. The minimum Gasteiger partial charge on any atom is -0.381 e. The second kappa shape index (κ2) is 4.66. The fourth-order valence-electron chi connectivity index (χ4n) is 2.71. The van der Waals surface area contributed by atoms with E-state index in [1.54, 1.807) is 0 Å². The molecule has 0 bridgehead atoms. The Morgan fingerprint density at radius 1 is 1.24 bits per heavy atom. The van der Waals surface area contributed by atoms with Crippen molar-refractivity contribution in [3.05, 3.63) is 0 Å². The van der Waals surface area contributed by atoms with Crippen molar-refractivity contribution in [1.29, 1.82) is 5.26 Å². The van der Waals surface area contributed by atoms with Crippen molar-refractivity contribution in [2.75, 3.05) is 13.2 Å². The van der Waals surface area contributed by atoms with Gasteiger partial charge in [0.15, 0.2) is 0 Å². The first-order chi connectivity index (χ1) is 8.10. The van der Waals surface area contributed by atoms with Crippen LogP contribution in [0.25, 0.3) is 0 Å². The predicted octanol–water partition coefficient (Wildman–Crippen LogP) is 1.76. The Kier molecular flexibility index (Phi) is 3.39. The van der Waals surface area contributed by atoms with Gasteiger partial charge in [0, 0.05) is 18.8 Å². The number of carbonyl (C=O) groups is 1. The van der Waals surface area contributed by atoms with E-state index in [2.05, 4.69) is 11.4 Å². The molecule has 0 atom stereocenters. The van der Waals surface area contributed by atoms with Crippen molar-refractivity contribution >= 4 is 5.91 Å². The zero-order valence-electron chi connectivity index (χ0n) is 10.4. The molecule has 4 nitrogen and oxygen atoms in total. The van der Waals surface area contributed by atoms with Crippen LogP contribution in [0.4, 0.5) is 0 Å². The lowest BCUT2D eigenvalue weighted by Gasteiger charge is -2.36. The van der Waals surface area contributed by atoms with Crippen LogP contribution in [-0.4, -0.2) is 24.7 Å². The molecule has 0 radical (unpaired) electrons. The van der Waals surface area contributed by atoms with E-state index < -0.39 is 5.41 Å². The van der Waals surface area contributed by atoms with Gasteiger partial charge >= 0.3 is 0 Å². The summed E-state index contributed by atoms with van der Waals surface area (Å²) in [5.41, 5.74) is -0.955. The van der Waals surface area contributed by atoms with Crippen LogP contribution in [0.15, 0.2) is 0 Å². The third-order valence-electron chi connectivity index (χ3n) is 4.12. The molecule has 2 rings (SSSR count). The summed E-state index contributed by atoms with van der Waals surface area (Å²) in [4.78, 5) is 12.3. The van der Waals surface area contributed by atoms with Crippen LogP contribution in [0.2, 0.25) is 0 Å². The van der Waals surface area contributed by atoms with Crippen LogP contribution in [0, 0.1) is 16.7 Å². The van der Waals surface area contributed by atoms with Crippen molar-refractivity contribution < 1.29 is 9.53 Å². The number of amides is 1. The van der Waals surface area contributed by atoms with Gasteiger partial charge in [0.05, 0.1) is 6.07 Å². The Labute approximate surface area is 102 Å². The lowest BCUT2D eigenvalue weighted by atomic mass is 9.84. The normalized spacial score (nSPS) is 26.1. The molecular formula is C13H20N2O2. The number of nitrogens with zero attached hydrogens (tertiary/aromatic N) is 1. The highest BCUT2D eigenvalue weighted by Gasteiger charge is 2.44. The highest BCUT2D eigenvalue weighted by atomic mass is 16.5. The highest BCUT2D eigenvalue weighted by Crippen LogP contribution is 2.38. The molecule has 0 unspecified atom stereocenters. The molecule has 2 fully saturated rings. The molecule has 1 amide bonds. The molecule has 1 aliphatic heterocycles. The number of rotatable bonds is 2. The zero-order chi connectivity index (χ0) is 12.4. The Morgan fingerprint density at radius 2 is 1.82 bits per heavy atom. The van der Waals surface area contributed by atoms with Crippen LogP contribution >= 0.6 is 0 Å². The smallest absolute Gasteiger partial charge is 0.240 e. The minimum atomic E-state index is -0.763. The highest BCUT2D eigenvalue weighted by molar-refractivity contribution is 5.86. The van der Waals surface area contributed by atoms with Crippen LogP contribution in [0.3, 0.4) is 0 Å². The average Bonchev–Trinajstić information content (AvgIpc) is 2.79. The van der Waals surface area contributed by atoms with Gasteiger partial charge in [-0.1, -0.05) is 12.8 Å². The molecule has 1 aliphatic carbocycles. The molecule has 2 aliphatic rings. The summed E-state index contributed by atoms with van der Waals surface area (Å²) < 4.78 is 5.31. The topological polar surface area (TPSA) is 62.1 Å². The summed E-state index contributed by atoms with van der Waals surface area (Å²) in [5.74, 6) is -0.0677. The Hall–Kier alpha value is -1.08. The van der Waals surface area contributed by atoms with E-state index >= 15 is 0 Å². The average molecular weight is 236 g/mol. The van der Waals surface area contributed by atoms with Gasteiger partial charge in [-0.25, -0.2) is 0 Å². The molecule has 0 aromatic rings. The van der Waals surface area contributed by atoms with Crippen LogP contribution < -0.4 is 5.32 Å². The quantitative estimate of drug-likeness (QED) is 0.794. The number of ether oxygens (including phenoxy) is 1. The van der Waals surface area contributed by atoms with Crippen molar-refractivity contribution in [2.24, 2.45) is 5.41 Å². The van der Waals surface area contributed by atoms with Crippen LogP contribution in [0.5, 0.6) is 0 Å². The summed E-state index contributed by atoms with van der Waals surface area (Å²) in [6.07, 6.45) is 5.06. The number of hydrogen-bond acceptors (Lipinski definition) is 3. The predicted molar refractivity (Wildman–Crippen MR) is 63.1 cm³/mol. The molecule has 0 aromatic heterocycles. The maximum atomic E-state index is 12.3. The van der Waals surface area contributed by atoms with E-state index in [-0.39, 0.29) is 11.4 Å². The van der Waals surface area contributed by atoms with Gasteiger partial charge < -0.3 is 10.1 Å². The Morgan fingerprint density at radius 3 is 2.35 bits per heavy atom. The third-order valence-corrected chi connectivity index (χ3v) is 4.12. The summed E-state index contributed by atoms with van der Waals surface area (Å²) >= 11 is 0. The molecule has 1 heterocycles. The molecule has 17 heavy (non-hydrogen) atoms. The first kappa shape index (κ1) is 12.4. The summed E-state index contributed by atoms with van der Waals surface area (Å²) in [6.45, 7) is 3.43. The second-order valence-corrected chi connectivity index (χ2v) is 5.53. The molecule has 1 N–H and O–H groups in total. The number of nitrogens with one attached hydrogen (secondary N) is 1. The van der Waals surface area contributed by atoms with Gasteiger partial charge in [0.2, 0.25) is 5.91 Å². The summed E-state index contributed by atoms with van der Waals surface area (Å²) in [7, 11) is 0. The van der Waals surface area contributed by atoms with Gasteiger partial charge in [0.25, 0.3) is 0 Å². The van der Waals surface area contributed by atoms with Crippen molar-refractivity contribution in [3.63, 3.8) is 0 Å². The van der Waals surface area contributed by atoms with Gasteiger partial charge in [0.1, 0.15) is 5.41 Å². The third kappa shape index (κ3) is 2.44. The lowest BCUT2D eigenvalue weighted by Crippen LogP contribution is -2.53. The maximum Gasteiger partial charge on any atom is 0.240 e. The van der Waals surface area contributed by atoms with Crippen molar-refractivity contribution in [1.82, 2.24) is 5.32 Å². The fourth-order valence-corrected chi connectivity index (χ4v) is 2.71. The van der Waals surface area contributed by atoms with Gasteiger partial charge in [-0.2, -0.15) is 5.26 Å². The second-order valence-electron chi connectivity index (χ2n) is 5.53. The van der Waals surface area contributed by atoms with Crippen molar-refractivity contribution in [3.8, 4) is 6.07 Å². The standard InChI is InChI=1S/C13H20N2O2/c1-12(6-8-17-9-7-12)15-11(16)13(10-14)4-2-3-5-13/h2-9H2,1H3,(H,15,16). The Balaban J connectivity index is 2.03. The lowest BCUT2D eigenvalue weighted by molar-refractivity contribution is -0.131. The SMILES string of the molecule is CC1(NC(=O)C2(C#N)CCCC2)CCOCC1.